The van der Waals surface area contributed by atoms with Crippen molar-refractivity contribution in [1.29, 1.82) is 0 Å². The van der Waals surface area contributed by atoms with Crippen LogP contribution in [0.2, 0.25) is 0 Å². The number of nitrogens with one attached hydrogen (secondary N) is 2. The van der Waals surface area contributed by atoms with Gasteiger partial charge in [0.05, 0.1) is 12.8 Å². The largest absolute Gasteiger partial charge is 0.459 e. The molecule has 2 heterocycles. The molecule has 7 heteroatoms. The molecule has 142 valence electrons. The lowest BCUT2D eigenvalue weighted by Gasteiger charge is -2.29. The van der Waals surface area contributed by atoms with Crippen molar-refractivity contribution in [3.8, 4) is 11.7 Å². The SMILES string of the molecule is CCC[NH+](CC(=O)N[C@H]1CCCC[C@@H]1C)Cc1nnc(-c2ccco2)o1. The molecule has 0 radical (unpaired) electrons. The van der Waals surface area contributed by atoms with Gasteiger partial charge < -0.3 is 19.1 Å². The van der Waals surface area contributed by atoms with Crippen LogP contribution >= 0.6 is 0 Å². The van der Waals surface area contributed by atoms with Crippen LogP contribution < -0.4 is 10.2 Å². The molecule has 0 aromatic carbocycles. The molecule has 2 N–H and O–H groups in total. The normalized spacial score (nSPS) is 21.5. The molecule has 0 saturated heterocycles. The summed E-state index contributed by atoms with van der Waals surface area (Å²) in [5, 5.41) is 11.4. The van der Waals surface area contributed by atoms with Crippen LogP contribution in [0.25, 0.3) is 11.7 Å². The maximum atomic E-state index is 12.5. The van der Waals surface area contributed by atoms with Gasteiger partial charge in [0.2, 0.25) is 0 Å². The number of hydrogen-bond acceptors (Lipinski definition) is 5. The van der Waals surface area contributed by atoms with Crippen LogP contribution in [0.5, 0.6) is 0 Å². The number of hydrogen-bond donors (Lipinski definition) is 2. The second-order valence-electron chi connectivity index (χ2n) is 7.27. The van der Waals surface area contributed by atoms with Gasteiger partial charge in [-0.05, 0) is 37.3 Å². The van der Waals surface area contributed by atoms with Crippen molar-refractivity contribution in [3.05, 3.63) is 24.3 Å². The first-order valence-corrected chi connectivity index (χ1v) is 9.65. The standard InChI is InChI=1S/C19H28N4O3/c1-3-10-23(12-17(24)20-15-8-5-4-7-14(15)2)13-18-21-22-19(26-18)16-9-6-11-25-16/h6,9,11,14-15H,3-5,7-8,10,12-13H2,1-2H3,(H,20,24)/p+1/t14-,15-/m0/s1. The Morgan fingerprint density at radius 1 is 1.35 bits per heavy atom. The summed E-state index contributed by atoms with van der Waals surface area (Å²) in [5.74, 6) is 2.14. The van der Waals surface area contributed by atoms with Gasteiger partial charge in [0, 0.05) is 6.04 Å². The molecule has 0 bridgehead atoms. The van der Waals surface area contributed by atoms with E-state index in [4.69, 9.17) is 8.83 Å². The number of carbonyl (C=O) groups is 1. The van der Waals surface area contributed by atoms with Crippen molar-refractivity contribution in [3.63, 3.8) is 0 Å². The van der Waals surface area contributed by atoms with Crippen LogP contribution in [0.4, 0.5) is 0 Å². The first-order chi connectivity index (χ1) is 12.7. The maximum absolute atomic E-state index is 12.5. The van der Waals surface area contributed by atoms with E-state index in [1.54, 1.807) is 18.4 Å². The fourth-order valence-corrected chi connectivity index (χ4v) is 3.65. The summed E-state index contributed by atoms with van der Waals surface area (Å²) in [6.07, 6.45) is 7.33. The molecule has 26 heavy (non-hydrogen) atoms. The molecule has 3 rings (SSSR count). The molecule has 1 fully saturated rings. The third kappa shape index (κ3) is 4.94. The van der Waals surface area contributed by atoms with Gasteiger partial charge in [-0.3, -0.25) is 4.79 Å². The highest BCUT2D eigenvalue weighted by molar-refractivity contribution is 5.77. The van der Waals surface area contributed by atoms with Crippen molar-refractivity contribution >= 4 is 5.91 Å². The highest BCUT2D eigenvalue weighted by Gasteiger charge is 2.25. The lowest BCUT2D eigenvalue weighted by molar-refractivity contribution is -0.907. The molecule has 3 atom stereocenters. The number of amides is 1. The average Bonchev–Trinajstić information content (AvgIpc) is 3.28. The lowest BCUT2D eigenvalue weighted by Crippen LogP contribution is -3.12. The first-order valence-electron chi connectivity index (χ1n) is 9.65. The summed E-state index contributed by atoms with van der Waals surface area (Å²) in [7, 11) is 0. The fraction of sp³-hybridized carbons (Fsp3) is 0.632. The Morgan fingerprint density at radius 3 is 2.92 bits per heavy atom. The van der Waals surface area contributed by atoms with Crippen molar-refractivity contribution in [2.75, 3.05) is 13.1 Å². The molecule has 7 nitrogen and oxygen atoms in total. The predicted molar refractivity (Wildman–Crippen MR) is 96.3 cm³/mol. The van der Waals surface area contributed by atoms with E-state index in [-0.39, 0.29) is 5.91 Å². The molecule has 1 unspecified atom stereocenters. The molecule has 1 aliphatic rings. The van der Waals surface area contributed by atoms with E-state index < -0.39 is 0 Å². The molecule has 0 aliphatic heterocycles. The van der Waals surface area contributed by atoms with Gasteiger partial charge in [0.25, 0.3) is 17.7 Å². The predicted octanol–water partition coefficient (Wildman–Crippen LogP) is 1.82. The summed E-state index contributed by atoms with van der Waals surface area (Å²) >= 11 is 0. The van der Waals surface area contributed by atoms with Gasteiger partial charge in [-0.25, -0.2) is 0 Å². The molecule has 0 spiro atoms. The summed E-state index contributed by atoms with van der Waals surface area (Å²) in [6.45, 7) is 6.19. The third-order valence-electron chi connectivity index (χ3n) is 5.07. The van der Waals surface area contributed by atoms with Gasteiger partial charge >= 0.3 is 0 Å². The Bertz CT molecular complexity index is 683. The number of rotatable bonds is 8. The van der Waals surface area contributed by atoms with Gasteiger partial charge in [0.15, 0.2) is 18.8 Å². The van der Waals surface area contributed by atoms with Gasteiger partial charge in [-0.2, -0.15) is 0 Å². The lowest BCUT2D eigenvalue weighted by atomic mass is 9.86. The van der Waals surface area contributed by atoms with Gasteiger partial charge in [0.1, 0.15) is 0 Å². The second-order valence-corrected chi connectivity index (χ2v) is 7.27. The number of quaternary nitrogens is 1. The quantitative estimate of drug-likeness (QED) is 0.749. The zero-order valence-corrected chi connectivity index (χ0v) is 15.7. The molecule has 1 aliphatic carbocycles. The Hall–Kier alpha value is -2.15. The maximum Gasteiger partial charge on any atom is 0.283 e. The number of nitrogens with zero attached hydrogens (tertiary/aromatic N) is 2. The van der Waals surface area contributed by atoms with E-state index in [0.717, 1.165) is 24.3 Å². The van der Waals surface area contributed by atoms with E-state index in [1.165, 1.54) is 19.3 Å². The smallest absolute Gasteiger partial charge is 0.283 e. The zero-order valence-electron chi connectivity index (χ0n) is 15.7. The van der Waals surface area contributed by atoms with Crippen molar-refractivity contribution in [2.24, 2.45) is 5.92 Å². The van der Waals surface area contributed by atoms with Crippen molar-refractivity contribution in [1.82, 2.24) is 15.5 Å². The van der Waals surface area contributed by atoms with Crippen LogP contribution in [0, 0.1) is 5.92 Å². The Kier molecular flexibility index (Phi) is 6.44. The van der Waals surface area contributed by atoms with E-state index in [1.807, 2.05) is 0 Å². The Balaban J connectivity index is 1.55. The summed E-state index contributed by atoms with van der Waals surface area (Å²) in [4.78, 5) is 13.6. The third-order valence-corrected chi connectivity index (χ3v) is 5.07. The van der Waals surface area contributed by atoms with E-state index in [0.29, 0.717) is 42.6 Å². The van der Waals surface area contributed by atoms with Crippen LogP contribution in [0.1, 0.15) is 51.8 Å². The minimum absolute atomic E-state index is 0.109. The van der Waals surface area contributed by atoms with Crippen molar-refractivity contribution in [2.45, 2.75) is 58.5 Å². The molecular formula is C19H29N4O3+. The fourth-order valence-electron chi connectivity index (χ4n) is 3.65. The highest BCUT2D eigenvalue weighted by Crippen LogP contribution is 2.23. The summed E-state index contributed by atoms with van der Waals surface area (Å²) in [5.41, 5.74) is 0. The number of furan rings is 1. The molecule has 1 amide bonds. The second kappa shape index (κ2) is 8.98. The first kappa shape index (κ1) is 18.6. The Morgan fingerprint density at radius 2 is 2.19 bits per heavy atom. The van der Waals surface area contributed by atoms with Crippen LogP contribution in [-0.2, 0) is 11.3 Å². The molecule has 2 aromatic heterocycles. The van der Waals surface area contributed by atoms with Crippen LogP contribution in [-0.4, -0.2) is 35.2 Å². The van der Waals surface area contributed by atoms with E-state index in [2.05, 4.69) is 29.4 Å². The molecular weight excluding hydrogens is 332 g/mol. The topological polar surface area (TPSA) is 85.6 Å². The summed E-state index contributed by atoms with van der Waals surface area (Å²) < 4.78 is 11.0. The van der Waals surface area contributed by atoms with E-state index in [9.17, 15) is 4.79 Å². The van der Waals surface area contributed by atoms with Crippen LogP contribution in [0.15, 0.2) is 27.2 Å². The van der Waals surface area contributed by atoms with Crippen molar-refractivity contribution < 1.29 is 18.5 Å². The average molecular weight is 361 g/mol. The zero-order chi connectivity index (χ0) is 18.4. The molecule has 2 aromatic rings. The monoisotopic (exact) mass is 361 g/mol. The summed E-state index contributed by atoms with van der Waals surface area (Å²) in [6, 6.07) is 3.88. The number of aromatic nitrogens is 2. The van der Waals surface area contributed by atoms with Gasteiger partial charge in [-0.15, -0.1) is 10.2 Å². The highest BCUT2D eigenvalue weighted by atomic mass is 16.4. The van der Waals surface area contributed by atoms with Crippen LogP contribution in [0.3, 0.4) is 0 Å². The number of carbonyl (C=O) groups excluding carboxylic acids is 1. The molecule has 1 saturated carbocycles. The minimum Gasteiger partial charge on any atom is -0.459 e. The Labute approximate surface area is 154 Å². The minimum atomic E-state index is 0.109. The van der Waals surface area contributed by atoms with Gasteiger partial charge in [-0.1, -0.05) is 26.7 Å². The van der Waals surface area contributed by atoms with E-state index >= 15 is 0 Å².